The van der Waals surface area contributed by atoms with E-state index in [2.05, 4.69) is 0 Å². The molecule has 3 saturated carbocycles. The number of aliphatic hydroxyl groups is 1. The fourth-order valence-corrected chi connectivity index (χ4v) is 9.19. The minimum atomic E-state index is -2.37. The molecule has 0 aromatic rings. The summed E-state index contributed by atoms with van der Waals surface area (Å²) >= 11 is 0. The van der Waals surface area contributed by atoms with Gasteiger partial charge in [-0.2, -0.15) is 0 Å². The van der Waals surface area contributed by atoms with Crippen molar-refractivity contribution >= 4 is 29.8 Å². The minimum Gasteiger partial charge on any atom is -0.468 e. The summed E-state index contributed by atoms with van der Waals surface area (Å²) in [6, 6.07) is 0. The Morgan fingerprint density at radius 3 is 2.19 bits per heavy atom. The van der Waals surface area contributed by atoms with Gasteiger partial charge in [-0.25, -0.2) is 0 Å². The lowest BCUT2D eigenvalue weighted by molar-refractivity contribution is -0.217. The molecule has 3 fully saturated rings. The third-order valence-corrected chi connectivity index (χ3v) is 10.9. The van der Waals surface area contributed by atoms with Crippen molar-refractivity contribution in [2.75, 3.05) is 7.11 Å². The molecule has 0 heterocycles. The first kappa shape index (κ1) is 26.7. The average molecular weight is 503 g/mol. The first-order valence-corrected chi connectivity index (χ1v) is 12.7. The Hall–Kier alpha value is -2.35. The number of esters is 2. The number of hydrogen-bond acceptors (Lipinski definition) is 8. The fourth-order valence-electron chi connectivity index (χ4n) is 9.19. The summed E-state index contributed by atoms with van der Waals surface area (Å²) in [5.41, 5.74) is -8.18. The van der Waals surface area contributed by atoms with Gasteiger partial charge < -0.3 is 19.4 Å². The number of hydrogen-bond donors (Lipinski definition) is 1. The van der Waals surface area contributed by atoms with Gasteiger partial charge in [-0.1, -0.05) is 32.4 Å². The van der Waals surface area contributed by atoms with Crippen molar-refractivity contribution in [2.45, 2.75) is 85.9 Å². The van der Waals surface area contributed by atoms with Crippen LogP contribution in [0.4, 0.5) is 0 Å². The topological polar surface area (TPSA) is 124 Å². The summed E-state index contributed by atoms with van der Waals surface area (Å²) in [5, 5.41) is 11.2. The normalized spacial score (nSPS) is 47.1. The standard InChI is InChI=1S/C28H38O8/c1-15-13-18-24(5,28(22(33)35-8)21(32)26(7,34)20(31)25(15,28)6)11-9-17-23(3,4)19(36-16(2)30)10-12-27(17,18)14-29/h13-14,17-19,34H,9-12H2,1-8H3/t17-,18-,19+,24+,25+,26-,27+,28-/m1/s1. The van der Waals surface area contributed by atoms with Gasteiger partial charge in [0.25, 0.3) is 0 Å². The lowest BCUT2D eigenvalue weighted by Gasteiger charge is -2.67. The van der Waals surface area contributed by atoms with Crippen LogP contribution in [0.2, 0.25) is 0 Å². The number of rotatable bonds is 3. The van der Waals surface area contributed by atoms with Crippen molar-refractivity contribution in [3.8, 4) is 0 Å². The van der Waals surface area contributed by atoms with E-state index in [1.165, 1.54) is 14.0 Å². The van der Waals surface area contributed by atoms with Crippen LogP contribution in [-0.4, -0.2) is 53.7 Å². The lowest BCUT2D eigenvalue weighted by Crippen LogP contribution is -2.70. The van der Waals surface area contributed by atoms with Crippen molar-refractivity contribution in [1.82, 2.24) is 0 Å². The molecular formula is C28H38O8. The van der Waals surface area contributed by atoms with Crippen LogP contribution < -0.4 is 0 Å². The van der Waals surface area contributed by atoms with Gasteiger partial charge in [-0.05, 0) is 63.7 Å². The maximum absolute atomic E-state index is 14.1. The Morgan fingerprint density at radius 2 is 1.67 bits per heavy atom. The van der Waals surface area contributed by atoms with Gasteiger partial charge in [0, 0.05) is 17.8 Å². The Morgan fingerprint density at radius 1 is 1.06 bits per heavy atom. The molecule has 0 amide bonds. The van der Waals surface area contributed by atoms with Gasteiger partial charge in [0.1, 0.15) is 12.4 Å². The van der Waals surface area contributed by atoms with Gasteiger partial charge in [0.15, 0.2) is 22.6 Å². The first-order chi connectivity index (χ1) is 16.5. The molecule has 0 unspecified atom stereocenters. The summed E-state index contributed by atoms with van der Waals surface area (Å²) in [6.07, 6.45) is 4.16. The molecular weight excluding hydrogens is 464 g/mol. The zero-order valence-corrected chi connectivity index (χ0v) is 22.5. The lowest BCUT2D eigenvalue weighted by atomic mass is 9.34. The average Bonchev–Trinajstić information content (AvgIpc) is 2.93. The Labute approximate surface area is 212 Å². The predicted octanol–water partition coefficient (Wildman–Crippen LogP) is 2.98. The molecule has 0 aromatic carbocycles. The molecule has 0 aliphatic heterocycles. The van der Waals surface area contributed by atoms with E-state index in [9.17, 15) is 29.1 Å². The second kappa shape index (κ2) is 7.59. The smallest absolute Gasteiger partial charge is 0.321 e. The highest BCUT2D eigenvalue weighted by molar-refractivity contribution is 6.30. The molecule has 4 rings (SSSR count). The Bertz CT molecular complexity index is 1100. The number of Topliss-reactive ketones (excluding diaryl/α,β-unsaturated/α-hetero) is 2. The second-order valence-corrected chi connectivity index (χ2v) is 12.6. The van der Waals surface area contributed by atoms with Crippen molar-refractivity contribution in [3.05, 3.63) is 11.6 Å². The molecule has 0 bridgehead atoms. The highest BCUT2D eigenvalue weighted by Gasteiger charge is 2.85. The molecule has 8 heteroatoms. The molecule has 198 valence electrons. The largest absolute Gasteiger partial charge is 0.468 e. The van der Waals surface area contributed by atoms with Crippen LogP contribution in [0, 0.1) is 38.9 Å². The third kappa shape index (κ3) is 2.61. The summed E-state index contributed by atoms with van der Waals surface area (Å²) in [5.74, 6) is -3.58. The fraction of sp³-hybridized carbons (Fsp3) is 0.750. The zero-order chi connectivity index (χ0) is 27.3. The highest BCUT2D eigenvalue weighted by Crippen LogP contribution is 2.76. The highest BCUT2D eigenvalue weighted by atomic mass is 16.5. The molecule has 0 saturated heterocycles. The SMILES string of the molecule is COC(=O)[C@@]12C(=O)[C@](C)(O)C(=O)[C@]1(C)C(C)=C[C@H]1[C@]3(C=O)CC[C@H](OC(C)=O)C(C)(C)[C@H]3CC[C@@]12C. The summed E-state index contributed by atoms with van der Waals surface area (Å²) in [4.78, 5) is 66.6. The van der Waals surface area contributed by atoms with E-state index < -0.39 is 56.1 Å². The van der Waals surface area contributed by atoms with E-state index in [0.717, 1.165) is 13.2 Å². The third-order valence-electron chi connectivity index (χ3n) is 10.9. The predicted molar refractivity (Wildman–Crippen MR) is 128 cm³/mol. The van der Waals surface area contributed by atoms with E-state index in [1.807, 2.05) is 19.9 Å². The number of methoxy groups -OCH3 is 1. The molecule has 4 aliphatic carbocycles. The van der Waals surface area contributed by atoms with Crippen molar-refractivity contribution < 1.29 is 38.6 Å². The number of ketones is 2. The van der Waals surface area contributed by atoms with E-state index in [4.69, 9.17) is 9.47 Å². The van der Waals surface area contributed by atoms with E-state index in [1.54, 1.807) is 20.8 Å². The number of carbonyl (C=O) groups is 5. The van der Waals surface area contributed by atoms with Crippen LogP contribution >= 0.6 is 0 Å². The monoisotopic (exact) mass is 502 g/mol. The maximum atomic E-state index is 14.1. The van der Waals surface area contributed by atoms with Crippen molar-refractivity contribution in [3.63, 3.8) is 0 Å². The zero-order valence-electron chi connectivity index (χ0n) is 22.5. The molecule has 0 spiro atoms. The number of fused-ring (bicyclic) bond motifs is 5. The van der Waals surface area contributed by atoms with Crippen LogP contribution in [0.3, 0.4) is 0 Å². The summed E-state index contributed by atoms with van der Waals surface area (Å²) in [7, 11) is 1.18. The van der Waals surface area contributed by atoms with E-state index >= 15 is 0 Å². The molecule has 1 N–H and O–H groups in total. The first-order valence-electron chi connectivity index (χ1n) is 12.7. The molecule has 0 radical (unpaired) electrons. The molecule has 8 atom stereocenters. The van der Waals surface area contributed by atoms with Crippen LogP contribution in [0.5, 0.6) is 0 Å². The van der Waals surface area contributed by atoms with Crippen molar-refractivity contribution in [1.29, 1.82) is 0 Å². The summed E-state index contributed by atoms with van der Waals surface area (Å²) < 4.78 is 10.9. The maximum Gasteiger partial charge on any atom is 0.321 e. The van der Waals surface area contributed by atoms with Crippen molar-refractivity contribution in [2.24, 2.45) is 38.9 Å². The van der Waals surface area contributed by atoms with E-state index in [0.29, 0.717) is 31.3 Å². The number of aldehydes is 1. The number of ether oxygens (including phenoxy) is 2. The minimum absolute atomic E-state index is 0.200. The molecule has 8 nitrogen and oxygen atoms in total. The molecule has 0 aromatic heterocycles. The number of carbonyl (C=O) groups excluding carboxylic acids is 5. The van der Waals surface area contributed by atoms with Gasteiger partial charge in [0.05, 0.1) is 12.5 Å². The quantitative estimate of drug-likeness (QED) is 0.270. The van der Waals surface area contributed by atoms with Gasteiger partial charge in [0.2, 0.25) is 0 Å². The Kier molecular flexibility index (Phi) is 5.63. The van der Waals surface area contributed by atoms with Gasteiger partial charge in [-0.3, -0.25) is 19.2 Å². The van der Waals surface area contributed by atoms with Crippen LogP contribution in [-0.2, 0) is 33.4 Å². The van der Waals surface area contributed by atoms with Crippen LogP contribution in [0.15, 0.2) is 11.6 Å². The number of allylic oxidation sites excluding steroid dienone is 2. The molecule has 36 heavy (non-hydrogen) atoms. The van der Waals surface area contributed by atoms with Crippen LogP contribution in [0.1, 0.15) is 74.1 Å². The van der Waals surface area contributed by atoms with Gasteiger partial charge >= 0.3 is 11.9 Å². The van der Waals surface area contributed by atoms with Gasteiger partial charge in [-0.15, -0.1) is 0 Å². The van der Waals surface area contributed by atoms with Crippen LogP contribution in [0.25, 0.3) is 0 Å². The molecule has 4 aliphatic rings. The second-order valence-electron chi connectivity index (χ2n) is 12.6. The Balaban J connectivity index is 2.01. The summed E-state index contributed by atoms with van der Waals surface area (Å²) in [6.45, 7) is 11.6. The van der Waals surface area contributed by atoms with E-state index in [-0.39, 0.29) is 18.0 Å².